The number of hydrogen-bond acceptors (Lipinski definition) is 2. The fraction of sp³-hybridized carbons (Fsp3) is 0.316. The average molecular weight is 329 g/mol. The summed E-state index contributed by atoms with van der Waals surface area (Å²) in [6.07, 6.45) is 2.48. The van der Waals surface area contributed by atoms with E-state index in [4.69, 9.17) is 11.6 Å². The molecule has 1 saturated heterocycles. The molecule has 23 heavy (non-hydrogen) atoms. The summed E-state index contributed by atoms with van der Waals surface area (Å²) < 4.78 is 0. The predicted molar refractivity (Wildman–Crippen MR) is 95.1 cm³/mol. The molecule has 0 bridgehead atoms. The number of benzene rings is 2. The van der Waals surface area contributed by atoms with Crippen molar-refractivity contribution in [3.8, 4) is 0 Å². The first kappa shape index (κ1) is 15.9. The van der Waals surface area contributed by atoms with Crippen molar-refractivity contribution in [1.82, 2.24) is 4.90 Å². The maximum Gasteiger partial charge on any atom is 0.255 e. The first-order valence-electron chi connectivity index (χ1n) is 7.99. The van der Waals surface area contributed by atoms with Crippen LogP contribution >= 0.6 is 11.6 Å². The summed E-state index contributed by atoms with van der Waals surface area (Å²) in [6.45, 7) is 2.77. The van der Waals surface area contributed by atoms with Gasteiger partial charge in [-0.3, -0.25) is 4.79 Å². The number of hydrogen-bond donors (Lipinski definition) is 0. The zero-order valence-corrected chi connectivity index (χ0v) is 14.1. The maximum atomic E-state index is 12.6. The lowest BCUT2D eigenvalue weighted by atomic mass is 10.1. The van der Waals surface area contributed by atoms with Gasteiger partial charge in [0.1, 0.15) is 0 Å². The Hall–Kier alpha value is -2.00. The molecule has 0 radical (unpaired) electrons. The lowest BCUT2D eigenvalue weighted by Crippen LogP contribution is -2.28. The van der Waals surface area contributed by atoms with Crippen molar-refractivity contribution >= 4 is 23.2 Å². The highest BCUT2D eigenvalue weighted by Crippen LogP contribution is 2.26. The van der Waals surface area contributed by atoms with E-state index in [9.17, 15) is 4.79 Å². The van der Waals surface area contributed by atoms with Crippen LogP contribution in [0.25, 0.3) is 0 Å². The number of carbonyl (C=O) groups is 1. The van der Waals surface area contributed by atoms with Crippen molar-refractivity contribution in [2.75, 3.05) is 25.0 Å². The molecule has 0 saturated carbocycles. The zero-order chi connectivity index (χ0) is 16.2. The van der Waals surface area contributed by atoms with Crippen molar-refractivity contribution in [3.63, 3.8) is 0 Å². The standard InChI is InChI=1S/C19H21ClN2O/c1-21(19(23)16-9-3-4-10-17(16)20)14-15-8-2-5-11-18(15)22-12-6-7-13-22/h2-5,8-11H,6-7,12-14H2,1H3. The predicted octanol–water partition coefficient (Wildman–Crippen LogP) is 4.21. The molecule has 0 atom stereocenters. The second-order valence-electron chi connectivity index (χ2n) is 5.96. The van der Waals surface area contributed by atoms with Crippen molar-refractivity contribution < 1.29 is 4.79 Å². The molecular weight excluding hydrogens is 308 g/mol. The molecule has 0 aliphatic carbocycles. The van der Waals surface area contributed by atoms with Crippen LogP contribution in [-0.4, -0.2) is 30.9 Å². The highest BCUT2D eigenvalue weighted by Gasteiger charge is 2.19. The summed E-state index contributed by atoms with van der Waals surface area (Å²) in [7, 11) is 1.83. The summed E-state index contributed by atoms with van der Waals surface area (Å²) in [5, 5.41) is 0.497. The Bertz CT molecular complexity index is 695. The molecule has 3 nitrogen and oxygen atoms in total. The number of nitrogens with zero attached hydrogens (tertiary/aromatic N) is 2. The highest BCUT2D eigenvalue weighted by molar-refractivity contribution is 6.33. The van der Waals surface area contributed by atoms with Crippen LogP contribution in [-0.2, 0) is 6.54 Å². The molecule has 4 heteroatoms. The molecule has 0 aromatic heterocycles. The second-order valence-corrected chi connectivity index (χ2v) is 6.37. The molecule has 120 valence electrons. The molecule has 1 aliphatic heterocycles. The molecular formula is C19H21ClN2O. The fourth-order valence-electron chi connectivity index (χ4n) is 3.08. The Labute approximate surface area is 142 Å². The quantitative estimate of drug-likeness (QED) is 0.839. The smallest absolute Gasteiger partial charge is 0.255 e. The summed E-state index contributed by atoms with van der Waals surface area (Å²) >= 11 is 6.15. The van der Waals surface area contributed by atoms with Crippen LogP contribution in [0.1, 0.15) is 28.8 Å². The van der Waals surface area contributed by atoms with E-state index in [-0.39, 0.29) is 5.91 Å². The van der Waals surface area contributed by atoms with Crippen LogP contribution in [0.15, 0.2) is 48.5 Å². The highest BCUT2D eigenvalue weighted by atomic mass is 35.5. The SMILES string of the molecule is CN(Cc1ccccc1N1CCCC1)C(=O)c1ccccc1Cl. The van der Waals surface area contributed by atoms with E-state index in [1.165, 1.54) is 24.1 Å². The molecule has 1 aliphatic rings. The first-order chi connectivity index (χ1) is 11.2. The van der Waals surface area contributed by atoms with E-state index in [0.29, 0.717) is 17.1 Å². The normalized spacial score (nSPS) is 14.1. The summed E-state index contributed by atoms with van der Waals surface area (Å²) in [4.78, 5) is 16.8. The molecule has 2 aromatic carbocycles. The number of para-hydroxylation sites is 1. The maximum absolute atomic E-state index is 12.6. The molecule has 1 amide bonds. The molecule has 0 spiro atoms. The van der Waals surface area contributed by atoms with Crippen LogP contribution in [0.5, 0.6) is 0 Å². The van der Waals surface area contributed by atoms with Crippen LogP contribution in [0, 0.1) is 0 Å². The molecule has 0 unspecified atom stereocenters. The van der Waals surface area contributed by atoms with Gasteiger partial charge >= 0.3 is 0 Å². The van der Waals surface area contributed by atoms with Crippen molar-refractivity contribution in [2.45, 2.75) is 19.4 Å². The van der Waals surface area contributed by atoms with Gasteiger partial charge in [0, 0.05) is 32.4 Å². The van der Waals surface area contributed by atoms with Gasteiger partial charge in [-0.2, -0.15) is 0 Å². The van der Waals surface area contributed by atoms with E-state index < -0.39 is 0 Å². The first-order valence-corrected chi connectivity index (χ1v) is 8.37. The monoisotopic (exact) mass is 328 g/mol. The average Bonchev–Trinajstić information content (AvgIpc) is 3.09. The third-order valence-corrected chi connectivity index (χ3v) is 4.63. The van der Waals surface area contributed by atoms with E-state index in [0.717, 1.165) is 13.1 Å². The third-order valence-electron chi connectivity index (χ3n) is 4.30. The Morgan fingerprint density at radius 3 is 2.48 bits per heavy atom. The zero-order valence-electron chi connectivity index (χ0n) is 13.3. The minimum atomic E-state index is -0.0492. The van der Waals surface area contributed by atoms with Crippen LogP contribution in [0.2, 0.25) is 5.02 Å². The van der Waals surface area contributed by atoms with Crippen LogP contribution < -0.4 is 4.90 Å². The number of rotatable bonds is 4. The van der Waals surface area contributed by atoms with Crippen LogP contribution in [0.3, 0.4) is 0 Å². The topological polar surface area (TPSA) is 23.6 Å². The largest absolute Gasteiger partial charge is 0.371 e. The fourth-order valence-corrected chi connectivity index (χ4v) is 3.30. The summed E-state index contributed by atoms with van der Waals surface area (Å²) in [5.74, 6) is -0.0492. The number of halogens is 1. The van der Waals surface area contributed by atoms with Crippen molar-refractivity contribution in [2.24, 2.45) is 0 Å². The Morgan fingerprint density at radius 2 is 1.74 bits per heavy atom. The molecule has 2 aromatic rings. The lowest BCUT2D eigenvalue weighted by molar-refractivity contribution is 0.0785. The number of anilines is 1. The van der Waals surface area contributed by atoms with Gasteiger partial charge in [-0.05, 0) is 36.6 Å². The number of carbonyl (C=O) groups excluding carboxylic acids is 1. The van der Waals surface area contributed by atoms with Gasteiger partial charge in [-0.15, -0.1) is 0 Å². The lowest BCUT2D eigenvalue weighted by Gasteiger charge is -2.24. The Kier molecular flexibility index (Phi) is 4.87. The minimum absolute atomic E-state index is 0.0492. The van der Waals surface area contributed by atoms with Gasteiger partial charge in [0.25, 0.3) is 5.91 Å². The molecule has 0 N–H and O–H groups in total. The van der Waals surface area contributed by atoms with E-state index in [1.54, 1.807) is 17.0 Å². The van der Waals surface area contributed by atoms with Gasteiger partial charge in [-0.1, -0.05) is 41.9 Å². The molecule has 1 heterocycles. The van der Waals surface area contributed by atoms with E-state index in [1.807, 2.05) is 25.2 Å². The molecule has 1 fully saturated rings. The number of amides is 1. The van der Waals surface area contributed by atoms with Crippen molar-refractivity contribution in [3.05, 3.63) is 64.7 Å². The van der Waals surface area contributed by atoms with Crippen LogP contribution in [0.4, 0.5) is 5.69 Å². The molecule has 3 rings (SSSR count). The summed E-state index contributed by atoms with van der Waals surface area (Å²) in [6, 6.07) is 15.5. The third kappa shape index (κ3) is 3.50. The van der Waals surface area contributed by atoms with Crippen molar-refractivity contribution in [1.29, 1.82) is 0 Å². The van der Waals surface area contributed by atoms with Gasteiger partial charge < -0.3 is 9.80 Å². The Morgan fingerprint density at radius 1 is 1.09 bits per heavy atom. The van der Waals surface area contributed by atoms with E-state index in [2.05, 4.69) is 23.1 Å². The van der Waals surface area contributed by atoms with Gasteiger partial charge in [0.05, 0.1) is 10.6 Å². The van der Waals surface area contributed by atoms with E-state index >= 15 is 0 Å². The van der Waals surface area contributed by atoms with Gasteiger partial charge in [0.2, 0.25) is 0 Å². The summed E-state index contributed by atoms with van der Waals surface area (Å²) in [5.41, 5.74) is 2.97. The second kappa shape index (κ2) is 7.05. The Balaban J connectivity index is 1.79. The van der Waals surface area contributed by atoms with Gasteiger partial charge in [-0.25, -0.2) is 0 Å². The van der Waals surface area contributed by atoms with Gasteiger partial charge in [0.15, 0.2) is 0 Å². The minimum Gasteiger partial charge on any atom is -0.371 e.